The first kappa shape index (κ1) is 17.9. The van der Waals surface area contributed by atoms with Gasteiger partial charge in [-0.2, -0.15) is 0 Å². The molecule has 2 amide bonds. The molecule has 0 aromatic heterocycles. The number of hydrogen-bond donors (Lipinski definition) is 1. The Bertz CT molecular complexity index is 596. The Morgan fingerprint density at radius 1 is 1.04 bits per heavy atom. The molecule has 0 saturated carbocycles. The molecule has 3 rings (SSSR count). The molecule has 25 heavy (non-hydrogen) atoms. The van der Waals surface area contributed by atoms with Crippen LogP contribution in [0.2, 0.25) is 0 Å². The zero-order chi connectivity index (χ0) is 17.8. The van der Waals surface area contributed by atoms with Crippen LogP contribution in [0.25, 0.3) is 0 Å². The number of primary amides is 1. The van der Waals surface area contributed by atoms with E-state index in [2.05, 4.69) is 36.1 Å². The van der Waals surface area contributed by atoms with Gasteiger partial charge in [-0.15, -0.1) is 0 Å². The third kappa shape index (κ3) is 4.40. The van der Waals surface area contributed by atoms with E-state index in [1.807, 2.05) is 11.0 Å². The first-order valence-corrected chi connectivity index (χ1v) is 9.40. The topological polar surface area (TPSA) is 66.6 Å². The lowest BCUT2D eigenvalue weighted by atomic mass is 9.89. The predicted molar refractivity (Wildman–Crippen MR) is 97.5 cm³/mol. The minimum atomic E-state index is -0.276. The largest absolute Gasteiger partial charge is 0.369 e. The van der Waals surface area contributed by atoms with Gasteiger partial charge in [-0.3, -0.25) is 14.5 Å². The number of hydrogen-bond acceptors (Lipinski definition) is 3. The second kappa shape index (κ2) is 8.00. The number of carbonyl (C=O) groups is 2. The van der Waals surface area contributed by atoms with E-state index in [-0.39, 0.29) is 29.7 Å². The van der Waals surface area contributed by atoms with Gasteiger partial charge in [0.1, 0.15) is 0 Å². The molecule has 1 aromatic carbocycles. The quantitative estimate of drug-likeness (QED) is 0.909. The predicted octanol–water partition coefficient (Wildman–Crippen LogP) is 2.01. The number of nitrogens with zero attached hydrogens (tertiary/aromatic N) is 2. The molecule has 0 radical (unpaired) electrons. The van der Waals surface area contributed by atoms with Crippen LogP contribution in [-0.2, 0) is 16.1 Å². The van der Waals surface area contributed by atoms with E-state index < -0.39 is 0 Å². The van der Waals surface area contributed by atoms with Gasteiger partial charge in [0.25, 0.3) is 0 Å². The van der Waals surface area contributed by atoms with Crippen LogP contribution in [0.5, 0.6) is 0 Å². The van der Waals surface area contributed by atoms with E-state index in [0.717, 1.165) is 45.3 Å². The molecule has 2 heterocycles. The molecule has 2 atom stereocenters. The lowest BCUT2D eigenvalue weighted by Gasteiger charge is -2.40. The van der Waals surface area contributed by atoms with Gasteiger partial charge in [0.05, 0.1) is 5.92 Å². The van der Waals surface area contributed by atoms with Crippen molar-refractivity contribution in [3.05, 3.63) is 35.9 Å². The van der Waals surface area contributed by atoms with Crippen LogP contribution in [0.4, 0.5) is 0 Å². The van der Waals surface area contributed by atoms with Crippen molar-refractivity contribution >= 4 is 11.8 Å². The third-order valence-corrected chi connectivity index (χ3v) is 5.75. The molecule has 0 spiro atoms. The first-order valence-electron chi connectivity index (χ1n) is 9.40. The van der Waals surface area contributed by atoms with Gasteiger partial charge >= 0.3 is 0 Å². The number of amides is 2. The van der Waals surface area contributed by atoms with Gasteiger partial charge in [0.2, 0.25) is 11.8 Å². The maximum atomic E-state index is 13.0. The molecule has 2 aliphatic heterocycles. The smallest absolute Gasteiger partial charge is 0.226 e. The summed E-state index contributed by atoms with van der Waals surface area (Å²) in [7, 11) is 0. The normalized spacial score (nSPS) is 25.7. The van der Waals surface area contributed by atoms with E-state index in [1.54, 1.807) is 0 Å². The van der Waals surface area contributed by atoms with E-state index in [1.165, 1.54) is 5.56 Å². The highest BCUT2D eigenvalue weighted by molar-refractivity contribution is 5.82. The molecule has 5 heteroatoms. The Kier molecular flexibility index (Phi) is 5.74. The number of nitrogens with two attached hydrogens (primary N) is 1. The summed E-state index contributed by atoms with van der Waals surface area (Å²) in [5.74, 6) is -0.153. The van der Waals surface area contributed by atoms with Crippen molar-refractivity contribution in [2.45, 2.75) is 45.2 Å². The maximum Gasteiger partial charge on any atom is 0.226 e. The first-order chi connectivity index (χ1) is 12.0. The van der Waals surface area contributed by atoms with Crippen molar-refractivity contribution in [3.8, 4) is 0 Å². The molecule has 0 aliphatic carbocycles. The van der Waals surface area contributed by atoms with Gasteiger partial charge < -0.3 is 10.6 Å². The summed E-state index contributed by atoms with van der Waals surface area (Å²) in [6.45, 7) is 5.43. The van der Waals surface area contributed by atoms with Crippen molar-refractivity contribution < 1.29 is 9.59 Å². The highest BCUT2D eigenvalue weighted by atomic mass is 16.2. The minimum absolute atomic E-state index is 0.0844. The molecule has 2 N–H and O–H groups in total. The molecule has 2 unspecified atom stereocenters. The van der Waals surface area contributed by atoms with Gasteiger partial charge in [-0.1, -0.05) is 30.3 Å². The monoisotopic (exact) mass is 343 g/mol. The van der Waals surface area contributed by atoms with Gasteiger partial charge in [-0.05, 0) is 51.3 Å². The van der Waals surface area contributed by atoms with Gasteiger partial charge in [-0.25, -0.2) is 0 Å². The molecule has 136 valence electrons. The van der Waals surface area contributed by atoms with Crippen LogP contribution in [0.15, 0.2) is 30.3 Å². The standard InChI is InChI=1S/C20H29N3O2/c1-15-7-8-18(19(21)24)14-23(15)20(25)17-9-11-22(12-10-17)13-16-5-3-2-4-6-16/h2-6,15,17-18H,7-14H2,1H3,(H2,21,24). The summed E-state index contributed by atoms with van der Waals surface area (Å²) >= 11 is 0. The Labute approximate surface area is 150 Å². The highest BCUT2D eigenvalue weighted by Gasteiger charge is 2.35. The molecule has 5 nitrogen and oxygen atoms in total. The molecule has 0 bridgehead atoms. The van der Waals surface area contributed by atoms with E-state index in [0.29, 0.717) is 6.54 Å². The fraction of sp³-hybridized carbons (Fsp3) is 0.600. The minimum Gasteiger partial charge on any atom is -0.369 e. The average molecular weight is 343 g/mol. The summed E-state index contributed by atoms with van der Waals surface area (Å²) in [5.41, 5.74) is 6.78. The summed E-state index contributed by atoms with van der Waals surface area (Å²) in [4.78, 5) is 28.8. The van der Waals surface area contributed by atoms with E-state index >= 15 is 0 Å². The summed E-state index contributed by atoms with van der Waals surface area (Å²) in [5, 5.41) is 0. The van der Waals surface area contributed by atoms with Crippen LogP contribution in [0, 0.1) is 11.8 Å². The molecular weight excluding hydrogens is 314 g/mol. The Balaban J connectivity index is 1.53. The SMILES string of the molecule is CC1CCC(C(N)=O)CN1C(=O)C1CCN(Cc2ccccc2)CC1. The summed E-state index contributed by atoms with van der Waals surface area (Å²) in [6.07, 6.45) is 3.47. The highest BCUT2D eigenvalue weighted by Crippen LogP contribution is 2.27. The second-order valence-electron chi connectivity index (χ2n) is 7.55. The fourth-order valence-electron chi connectivity index (χ4n) is 4.06. The number of rotatable bonds is 4. The van der Waals surface area contributed by atoms with Crippen molar-refractivity contribution in [1.29, 1.82) is 0 Å². The van der Waals surface area contributed by atoms with E-state index in [4.69, 9.17) is 5.73 Å². The maximum absolute atomic E-state index is 13.0. The lowest BCUT2D eigenvalue weighted by molar-refractivity contribution is -0.143. The molecule has 2 saturated heterocycles. The van der Waals surface area contributed by atoms with Crippen LogP contribution in [0.3, 0.4) is 0 Å². The summed E-state index contributed by atoms with van der Waals surface area (Å²) < 4.78 is 0. The molecule has 2 aliphatic rings. The summed E-state index contributed by atoms with van der Waals surface area (Å²) in [6, 6.07) is 10.7. The number of piperidine rings is 2. The van der Waals surface area contributed by atoms with Crippen LogP contribution >= 0.6 is 0 Å². The number of benzene rings is 1. The zero-order valence-corrected chi connectivity index (χ0v) is 15.1. The average Bonchev–Trinajstić information content (AvgIpc) is 2.63. The van der Waals surface area contributed by atoms with Crippen molar-refractivity contribution in [2.75, 3.05) is 19.6 Å². The lowest BCUT2D eigenvalue weighted by Crippen LogP contribution is -2.51. The van der Waals surface area contributed by atoms with Crippen LogP contribution in [0.1, 0.15) is 38.2 Å². The number of carbonyl (C=O) groups excluding carboxylic acids is 2. The Morgan fingerprint density at radius 2 is 1.72 bits per heavy atom. The Morgan fingerprint density at radius 3 is 2.36 bits per heavy atom. The number of likely N-dealkylation sites (tertiary alicyclic amines) is 2. The molecule has 2 fully saturated rings. The van der Waals surface area contributed by atoms with E-state index in [9.17, 15) is 9.59 Å². The van der Waals surface area contributed by atoms with Crippen molar-refractivity contribution in [1.82, 2.24) is 9.80 Å². The third-order valence-electron chi connectivity index (χ3n) is 5.75. The van der Waals surface area contributed by atoms with Gasteiger partial charge in [0, 0.05) is 25.0 Å². The molecule has 1 aromatic rings. The second-order valence-corrected chi connectivity index (χ2v) is 7.55. The zero-order valence-electron chi connectivity index (χ0n) is 15.1. The fourth-order valence-corrected chi connectivity index (χ4v) is 4.06. The van der Waals surface area contributed by atoms with Crippen molar-refractivity contribution in [3.63, 3.8) is 0 Å². The Hall–Kier alpha value is -1.88. The van der Waals surface area contributed by atoms with Crippen LogP contribution in [-0.4, -0.2) is 47.3 Å². The van der Waals surface area contributed by atoms with Crippen molar-refractivity contribution in [2.24, 2.45) is 17.6 Å². The van der Waals surface area contributed by atoms with Crippen LogP contribution < -0.4 is 5.73 Å². The molecular formula is C20H29N3O2. The van der Waals surface area contributed by atoms with Gasteiger partial charge in [0.15, 0.2) is 0 Å².